The molecule has 0 saturated carbocycles. The van der Waals surface area contributed by atoms with Gasteiger partial charge in [0, 0.05) is 5.41 Å². The normalized spacial score (nSPS) is 17.3. The zero-order valence-corrected chi connectivity index (χ0v) is 21.5. The van der Waals surface area contributed by atoms with Gasteiger partial charge < -0.3 is 5.32 Å². The van der Waals surface area contributed by atoms with Gasteiger partial charge in [-0.25, -0.2) is 4.68 Å². The van der Waals surface area contributed by atoms with Gasteiger partial charge in [0.1, 0.15) is 10.8 Å². The first kappa shape index (κ1) is 22.8. The average Bonchev–Trinajstić information content (AvgIpc) is 3.46. The number of fused-ring (bicyclic) bond motifs is 1. The maximum absolute atomic E-state index is 4.97. The van der Waals surface area contributed by atoms with Gasteiger partial charge in [-0.1, -0.05) is 85.8 Å². The van der Waals surface area contributed by atoms with Crippen LogP contribution in [-0.4, -0.2) is 20.0 Å². The fourth-order valence-corrected chi connectivity index (χ4v) is 6.70. The van der Waals surface area contributed by atoms with Crippen molar-refractivity contribution in [1.29, 1.82) is 0 Å². The summed E-state index contributed by atoms with van der Waals surface area (Å²) in [6.07, 6.45) is 2.93. The largest absolute Gasteiger partial charge is 0.363 e. The Balaban J connectivity index is 1.59. The lowest BCUT2D eigenvalue weighted by Crippen LogP contribution is -2.37. The molecule has 1 aliphatic rings. The molecule has 1 N–H and O–H groups in total. The summed E-state index contributed by atoms with van der Waals surface area (Å²) in [6.45, 7) is 11.1. The van der Waals surface area contributed by atoms with Gasteiger partial charge >= 0.3 is 0 Å². The predicted molar refractivity (Wildman–Crippen MR) is 140 cm³/mol. The molecule has 5 nitrogen and oxygen atoms in total. The topological polar surface area (TPSA) is 55.6 Å². The zero-order chi connectivity index (χ0) is 23.9. The van der Waals surface area contributed by atoms with E-state index in [0.29, 0.717) is 0 Å². The molecule has 0 amide bonds. The Morgan fingerprint density at radius 2 is 1.65 bits per heavy atom. The fourth-order valence-electron chi connectivity index (χ4n) is 5.40. The van der Waals surface area contributed by atoms with E-state index < -0.39 is 0 Å². The summed E-state index contributed by atoms with van der Waals surface area (Å²) in [6, 6.07) is 21.7. The van der Waals surface area contributed by atoms with Crippen molar-refractivity contribution >= 4 is 17.2 Å². The van der Waals surface area contributed by atoms with Gasteiger partial charge in [-0.2, -0.15) is 5.10 Å². The molecule has 0 bridgehead atoms. The Hall–Kier alpha value is -2.99. The number of aryl methyl sites for hydroxylation is 1. The van der Waals surface area contributed by atoms with Crippen molar-refractivity contribution in [1.82, 2.24) is 20.0 Å². The molecule has 1 atom stereocenters. The molecule has 3 heterocycles. The van der Waals surface area contributed by atoms with Crippen molar-refractivity contribution in [2.45, 2.75) is 70.9 Å². The minimum atomic E-state index is -0.127. The van der Waals surface area contributed by atoms with Crippen LogP contribution in [0.4, 0.5) is 5.82 Å². The van der Waals surface area contributed by atoms with Crippen LogP contribution >= 0.6 is 11.3 Å². The van der Waals surface area contributed by atoms with Gasteiger partial charge in [0.05, 0.1) is 22.8 Å². The highest BCUT2D eigenvalue weighted by atomic mass is 32.1. The number of hydrogen-bond acceptors (Lipinski definition) is 5. The molecule has 0 spiro atoms. The SMILES string of the molecule is CCC(CC)(c1ccccc1)c1nnc(-c2c(C)nn3c2N[C@@H](c2ccccc2)CC3(C)C)s1. The molecule has 176 valence electrons. The summed E-state index contributed by atoms with van der Waals surface area (Å²) < 4.78 is 2.16. The van der Waals surface area contributed by atoms with E-state index in [-0.39, 0.29) is 17.0 Å². The summed E-state index contributed by atoms with van der Waals surface area (Å²) in [7, 11) is 0. The molecular weight excluding hydrogens is 438 g/mol. The fraction of sp³-hybridized carbons (Fsp3) is 0.393. The molecule has 4 aromatic rings. The third-order valence-electron chi connectivity index (χ3n) is 7.43. The van der Waals surface area contributed by atoms with Crippen LogP contribution in [0.15, 0.2) is 60.7 Å². The van der Waals surface area contributed by atoms with Crippen LogP contribution in [0.1, 0.15) is 74.8 Å². The van der Waals surface area contributed by atoms with E-state index in [1.807, 2.05) is 0 Å². The number of nitrogens with zero attached hydrogens (tertiary/aromatic N) is 4. The number of anilines is 1. The second-order valence-corrected chi connectivity index (χ2v) is 10.9. The highest BCUT2D eigenvalue weighted by Crippen LogP contribution is 2.47. The minimum absolute atomic E-state index is 0.113. The monoisotopic (exact) mass is 471 g/mol. The highest BCUT2D eigenvalue weighted by molar-refractivity contribution is 7.15. The molecule has 0 saturated heterocycles. The second kappa shape index (κ2) is 8.66. The van der Waals surface area contributed by atoms with E-state index >= 15 is 0 Å². The Kier molecular flexibility index (Phi) is 5.80. The summed E-state index contributed by atoms with van der Waals surface area (Å²) in [5, 5.41) is 20.3. The molecule has 0 fully saturated rings. The maximum atomic E-state index is 4.97. The van der Waals surface area contributed by atoms with Gasteiger partial charge in [0.25, 0.3) is 0 Å². The van der Waals surface area contributed by atoms with Gasteiger partial charge in [-0.05, 0) is 51.2 Å². The quantitative estimate of drug-likeness (QED) is 0.326. The van der Waals surface area contributed by atoms with Crippen molar-refractivity contribution in [3.8, 4) is 10.6 Å². The molecular formula is C28H33N5S. The van der Waals surface area contributed by atoms with E-state index in [9.17, 15) is 0 Å². The molecule has 1 aliphatic heterocycles. The number of rotatable bonds is 6. The lowest BCUT2D eigenvalue weighted by molar-refractivity contribution is 0.263. The summed E-state index contributed by atoms with van der Waals surface area (Å²) in [5.41, 5.74) is 4.43. The predicted octanol–water partition coefficient (Wildman–Crippen LogP) is 7.11. The lowest BCUT2D eigenvalue weighted by atomic mass is 9.76. The Bertz CT molecular complexity index is 1270. The molecule has 2 aromatic carbocycles. The first-order chi connectivity index (χ1) is 16.4. The van der Waals surface area contributed by atoms with Crippen LogP contribution in [-0.2, 0) is 11.0 Å². The summed E-state index contributed by atoms with van der Waals surface area (Å²) in [4.78, 5) is 0. The van der Waals surface area contributed by atoms with E-state index in [1.54, 1.807) is 11.3 Å². The van der Waals surface area contributed by atoms with E-state index in [4.69, 9.17) is 15.3 Å². The van der Waals surface area contributed by atoms with E-state index in [0.717, 1.165) is 46.4 Å². The van der Waals surface area contributed by atoms with Crippen LogP contribution < -0.4 is 5.32 Å². The van der Waals surface area contributed by atoms with Gasteiger partial charge in [0.15, 0.2) is 5.01 Å². The third-order valence-corrected chi connectivity index (χ3v) is 8.58. The van der Waals surface area contributed by atoms with Gasteiger partial charge in [0.2, 0.25) is 0 Å². The van der Waals surface area contributed by atoms with Crippen molar-refractivity contribution in [3.63, 3.8) is 0 Å². The Labute approximate surface area is 206 Å². The van der Waals surface area contributed by atoms with Crippen molar-refractivity contribution in [3.05, 3.63) is 82.5 Å². The first-order valence-electron chi connectivity index (χ1n) is 12.2. The minimum Gasteiger partial charge on any atom is -0.363 e. The first-order valence-corrected chi connectivity index (χ1v) is 13.0. The number of nitrogens with one attached hydrogen (secondary N) is 1. The molecule has 0 unspecified atom stereocenters. The van der Waals surface area contributed by atoms with Crippen molar-refractivity contribution in [2.24, 2.45) is 0 Å². The molecule has 6 heteroatoms. The zero-order valence-electron chi connectivity index (χ0n) is 20.7. The Morgan fingerprint density at radius 3 is 2.29 bits per heavy atom. The standard InChI is InChI=1S/C28H33N5S/c1-6-28(7-2,21-16-12-9-13-17-21)26-31-30-25(34-26)23-19(3)32-33-24(23)29-22(18-27(33,4)5)20-14-10-8-11-15-20/h8-17,22,29H,6-7,18H2,1-5H3/t22-/m1/s1. The molecule has 34 heavy (non-hydrogen) atoms. The van der Waals surface area contributed by atoms with Crippen molar-refractivity contribution in [2.75, 3.05) is 5.32 Å². The van der Waals surface area contributed by atoms with Crippen LogP contribution in [0.5, 0.6) is 0 Å². The maximum Gasteiger partial charge on any atom is 0.153 e. The van der Waals surface area contributed by atoms with Crippen LogP contribution in [0, 0.1) is 6.92 Å². The second-order valence-electron chi connectivity index (χ2n) is 9.91. The molecule has 2 aromatic heterocycles. The molecule has 5 rings (SSSR count). The average molecular weight is 472 g/mol. The lowest BCUT2D eigenvalue weighted by Gasteiger charge is -2.38. The van der Waals surface area contributed by atoms with E-state index in [2.05, 4.69) is 105 Å². The molecule has 0 aliphatic carbocycles. The molecule has 0 radical (unpaired) electrons. The number of aromatic nitrogens is 4. The van der Waals surface area contributed by atoms with Gasteiger partial charge in [-0.3, -0.25) is 0 Å². The number of benzene rings is 2. The third kappa shape index (κ3) is 3.65. The highest BCUT2D eigenvalue weighted by Gasteiger charge is 2.39. The smallest absolute Gasteiger partial charge is 0.153 e. The Morgan fingerprint density at radius 1 is 1.00 bits per heavy atom. The summed E-state index contributed by atoms with van der Waals surface area (Å²) in [5.74, 6) is 1.05. The van der Waals surface area contributed by atoms with Gasteiger partial charge in [-0.15, -0.1) is 10.2 Å². The van der Waals surface area contributed by atoms with Crippen LogP contribution in [0.3, 0.4) is 0 Å². The van der Waals surface area contributed by atoms with Crippen molar-refractivity contribution < 1.29 is 0 Å². The van der Waals surface area contributed by atoms with Crippen LogP contribution in [0.2, 0.25) is 0 Å². The van der Waals surface area contributed by atoms with E-state index in [1.165, 1.54) is 11.1 Å². The van der Waals surface area contributed by atoms with Crippen LogP contribution in [0.25, 0.3) is 10.6 Å². The summed E-state index contributed by atoms with van der Waals surface area (Å²) >= 11 is 1.71. The number of hydrogen-bond donors (Lipinski definition) is 1.